The van der Waals surface area contributed by atoms with Gasteiger partial charge in [0.25, 0.3) is 5.69 Å². The van der Waals surface area contributed by atoms with Gasteiger partial charge in [0.1, 0.15) is 0 Å². The van der Waals surface area contributed by atoms with E-state index in [4.69, 9.17) is 23.2 Å². The standard InChI is InChI=1S/C12H15Cl2NO2/c1-3-11(13)8(2)6-9-4-5-10(15(16)17)7-12(9)14/h4-5,7-8,11H,3,6H2,1-2H3. The Balaban J connectivity index is 2.82. The Hall–Kier alpha value is -0.800. The predicted octanol–water partition coefficient (Wildman–Crippen LogP) is 4.44. The molecule has 0 N–H and O–H groups in total. The molecule has 5 heteroatoms. The summed E-state index contributed by atoms with van der Waals surface area (Å²) in [4.78, 5) is 10.1. The molecule has 0 radical (unpaired) electrons. The first kappa shape index (κ1) is 14.3. The minimum atomic E-state index is -0.449. The molecule has 17 heavy (non-hydrogen) atoms. The molecular weight excluding hydrogens is 261 g/mol. The largest absolute Gasteiger partial charge is 0.270 e. The van der Waals surface area contributed by atoms with E-state index in [1.165, 1.54) is 12.1 Å². The average Bonchev–Trinajstić information content (AvgIpc) is 2.30. The zero-order chi connectivity index (χ0) is 13.0. The van der Waals surface area contributed by atoms with Gasteiger partial charge in [-0.2, -0.15) is 0 Å². The van der Waals surface area contributed by atoms with E-state index in [0.717, 1.165) is 18.4 Å². The maximum Gasteiger partial charge on any atom is 0.270 e. The second kappa shape index (κ2) is 6.22. The van der Waals surface area contributed by atoms with E-state index < -0.39 is 4.92 Å². The highest BCUT2D eigenvalue weighted by atomic mass is 35.5. The van der Waals surface area contributed by atoms with E-state index in [0.29, 0.717) is 10.9 Å². The van der Waals surface area contributed by atoms with Crippen LogP contribution in [0.1, 0.15) is 25.8 Å². The van der Waals surface area contributed by atoms with Crippen molar-refractivity contribution in [3.63, 3.8) is 0 Å². The van der Waals surface area contributed by atoms with Crippen LogP contribution >= 0.6 is 23.2 Å². The lowest BCUT2D eigenvalue weighted by molar-refractivity contribution is -0.384. The Morgan fingerprint density at radius 2 is 2.12 bits per heavy atom. The maximum absolute atomic E-state index is 10.6. The zero-order valence-corrected chi connectivity index (χ0v) is 11.3. The third-order valence-corrected chi connectivity index (χ3v) is 3.89. The molecule has 2 unspecified atom stereocenters. The van der Waals surface area contributed by atoms with Gasteiger partial charge in [-0.05, 0) is 24.3 Å². The van der Waals surface area contributed by atoms with Crippen molar-refractivity contribution in [1.29, 1.82) is 0 Å². The van der Waals surface area contributed by atoms with Crippen LogP contribution in [-0.4, -0.2) is 10.3 Å². The monoisotopic (exact) mass is 275 g/mol. The predicted molar refractivity (Wildman–Crippen MR) is 70.9 cm³/mol. The van der Waals surface area contributed by atoms with Gasteiger partial charge >= 0.3 is 0 Å². The van der Waals surface area contributed by atoms with Crippen molar-refractivity contribution < 1.29 is 4.92 Å². The van der Waals surface area contributed by atoms with Gasteiger partial charge in [-0.1, -0.05) is 31.5 Å². The zero-order valence-electron chi connectivity index (χ0n) is 9.82. The van der Waals surface area contributed by atoms with E-state index in [9.17, 15) is 10.1 Å². The van der Waals surface area contributed by atoms with E-state index in [1.807, 2.05) is 6.92 Å². The summed E-state index contributed by atoms with van der Waals surface area (Å²) in [5.41, 5.74) is 0.924. The molecule has 0 aliphatic carbocycles. The number of rotatable bonds is 5. The van der Waals surface area contributed by atoms with Gasteiger partial charge in [0.15, 0.2) is 0 Å². The Labute approximate surface area is 111 Å². The summed E-state index contributed by atoms with van der Waals surface area (Å²) in [6, 6.07) is 4.57. The second-order valence-corrected chi connectivity index (χ2v) is 5.11. The molecule has 1 rings (SSSR count). The molecule has 1 aromatic carbocycles. The summed E-state index contributed by atoms with van der Waals surface area (Å²) in [5.74, 6) is 0.292. The molecule has 0 bridgehead atoms. The van der Waals surface area contributed by atoms with Gasteiger partial charge in [-0.3, -0.25) is 10.1 Å². The minimum absolute atomic E-state index is 0.0179. The van der Waals surface area contributed by atoms with Crippen molar-refractivity contribution in [2.45, 2.75) is 32.1 Å². The number of hydrogen-bond acceptors (Lipinski definition) is 2. The second-order valence-electron chi connectivity index (χ2n) is 4.14. The Morgan fingerprint density at radius 3 is 2.59 bits per heavy atom. The fourth-order valence-electron chi connectivity index (χ4n) is 1.69. The van der Waals surface area contributed by atoms with Gasteiger partial charge < -0.3 is 0 Å². The molecule has 0 heterocycles. The third kappa shape index (κ3) is 3.86. The topological polar surface area (TPSA) is 43.1 Å². The van der Waals surface area contributed by atoms with Gasteiger partial charge in [-0.15, -0.1) is 11.6 Å². The Kier molecular flexibility index (Phi) is 5.22. The molecule has 0 aliphatic heterocycles. The van der Waals surface area contributed by atoms with Crippen LogP contribution in [0.15, 0.2) is 18.2 Å². The van der Waals surface area contributed by atoms with Gasteiger partial charge in [0.2, 0.25) is 0 Å². The molecule has 0 fully saturated rings. The quantitative estimate of drug-likeness (QED) is 0.453. The van der Waals surface area contributed by atoms with Crippen LogP contribution in [0.3, 0.4) is 0 Å². The van der Waals surface area contributed by atoms with E-state index in [-0.39, 0.29) is 11.1 Å². The fraction of sp³-hybridized carbons (Fsp3) is 0.500. The van der Waals surface area contributed by atoms with Gasteiger partial charge in [0, 0.05) is 17.5 Å². The highest BCUT2D eigenvalue weighted by Gasteiger charge is 2.16. The van der Waals surface area contributed by atoms with Crippen LogP contribution < -0.4 is 0 Å². The van der Waals surface area contributed by atoms with Crippen LogP contribution in [0, 0.1) is 16.0 Å². The normalized spacial score (nSPS) is 14.4. The molecular formula is C12H15Cl2NO2. The summed E-state index contributed by atoms with van der Waals surface area (Å²) in [5, 5.41) is 11.1. The van der Waals surface area contributed by atoms with Crippen molar-refractivity contribution in [2.24, 2.45) is 5.92 Å². The van der Waals surface area contributed by atoms with Crippen molar-refractivity contribution in [3.8, 4) is 0 Å². The van der Waals surface area contributed by atoms with Crippen molar-refractivity contribution in [2.75, 3.05) is 0 Å². The molecule has 0 amide bonds. The van der Waals surface area contributed by atoms with Crippen LogP contribution in [0.2, 0.25) is 5.02 Å². The molecule has 1 aromatic rings. The number of non-ortho nitro benzene ring substituents is 1. The van der Waals surface area contributed by atoms with E-state index in [1.54, 1.807) is 6.07 Å². The summed E-state index contributed by atoms with van der Waals surface area (Å²) < 4.78 is 0. The number of hydrogen-bond donors (Lipinski definition) is 0. The lowest BCUT2D eigenvalue weighted by Gasteiger charge is -2.16. The Bertz CT molecular complexity index is 409. The number of nitro groups is 1. The fourth-order valence-corrected chi connectivity index (χ4v) is 2.03. The first-order valence-corrected chi connectivity index (χ1v) is 6.34. The SMILES string of the molecule is CCC(Cl)C(C)Cc1ccc([N+](=O)[O-])cc1Cl. The van der Waals surface area contributed by atoms with Gasteiger partial charge in [-0.25, -0.2) is 0 Å². The Morgan fingerprint density at radius 1 is 1.47 bits per heavy atom. The molecule has 0 saturated carbocycles. The average molecular weight is 276 g/mol. The molecule has 2 atom stereocenters. The number of nitro benzene ring substituents is 1. The van der Waals surface area contributed by atoms with Gasteiger partial charge in [0.05, 0.1) is 9.95 Å². The van der Waals surface area contributed by atoms with Crippen molar-refractivity contribution in [1.82, 2.24) is 0 Å². The molecule has 0 saturated heterocycles. The number of nitrogens with zero attached hydrogens (tertiary/aromatic N) is 1. The molecule has 0 aromatic heterocycles. The van der Waals surface area contributed by atoms with Crippen LogP contribution in [0.4, 0.5) is 5.69 Å². The first-order chi connectivity index (χ1) is 7.95. The van der Waals surface area contributed by atoms with E-state index >= 15 is 0 Å². The summed E-state index contributed by atoms with van der Waals surface area (Å²) in [6.07, 6.45) is 1.63. The highest BCUT2D eigenvalue weighted by Crippen LogP contribution is 2.27. The lowest BCUT2D eigenvalue weighted by atomic mass is 9.96. The third-order valence-electron chi connectivity index (χ3n) is 2.80. The number of halogens is 2. The molecule has 0 spiro atoms. The summed E-state index contributed by atoms with van der Waals surface area (Å²) in [7, 11) is 0. The van der Waals surface area contributed by atoms with Crippen LogP contribution in [-0.2, 0) is 6.42 Å². The summed E-state index contributed by atoms with van der Waals surface area (Å²) in [6.45, 7) is 4.09. The molecule has 94 valence electrons. The number of benzene rings is 1. The minimum Gasteiger partial charge on any atom is -0.258 e. The molecule has 0 aliphatic rings. The van der Waals surface area contributed by atoms with Crippen molar-refractivity contribution >= 4 is 28.9 Å². The van der Waals surface area contributed by atoms with Crippen LogP contribution in [0.5, 0.6) is 0 Å². The maximum atomic E-state index is 10.6. The van der Waals surface area contributed by atoms with Crippen LogP contribution in [0.25, 0.3) is 0 Å². The number of alkyl halides is 1. The summed E-state index contributed by atoms with van der Waals surface area (Å²) >= 11 is 12.2. The lowest BCUT2D eigenvalue weighted by Crippen LogP contribution is -2.13. The molecule has 3 nitrogen and oxygen atoms in total. The first-order valence-electron chi connectivity index (χ1n) is 5.52. The smallest absolute Gasteiger partial charge is 0.258 e. The van der Waals surface area contributed by atoms with E-state index in [2.05, 4.69) is 6.92 Å². The highest BCUT2D eigenvalue weighted by molar-refractivity contribution is 6.31. The van der Waals surface area contributed by atoms with Crippen molar-refractivity contribution in [3.05, 3.63) is 38.9 Å².